The summed E-state index contributed by atoms with van der Waals surface area (Å²) in [6.07, 6.45) is 3.71. The molecule has 0 aromatic carbocycles. The van der Waals surface area contributed by atoms with E-state index in [1.165, 1.54) is 12.8 Å². The van der Waals surface area contributed by atoms with Gasteiger partial charge in [-0.2, -0.15) is 0 Å². The zero-order valence-electron chi connectivity index (χ0n) is 5.05. The van der Waals surface area contributed by atoms with Gasteiger partial charge in [0.25, 0.3) is 0 Å². The normalized spacial score (nSPS) is 16.4. The highest BCUT2D eigenvalue weighted by Gasteiger charge is 2.10. The molecule has 0 saturated heterocycles. The number of rotatable bonds is 0. The number of hydrogen-bond acceptors (Lipinski definition) is 3. The quantitative estimate of drug-likeness (QED) is 0.561. The summed E-state index contributed by atoms with van der Waals surface area (Å²) >= 11 is 0. The first kappa shape index (κ1) is 4.85. The van der Waals surface area contributed by atoms with Crippen molar-refractivity contribution in [1.82, 2.24) is 4.98 Å². The van der Waals surface area contributed by atoms with Gasteiger partial charge in [-0.15, -0.1) is 0 Å². The average Bonchev–Trinajstić information content (AvgIpc) is 2.33. The number of nitrogens with one attached hydrogen (secondary N) is 1. The third-order valence-corrected chi connectivity index (χ3v) is 1.52. The molecule has 0 amide bonds. The minimum atomic E-state index is 0.862. The number of oxazole rings is 1. The molecule has 1 aromatic rings. The van der Waals surface area contributed by atoms with Crippen molar-refractivity contribution in [2.75, 3.05) is 11.9 Å². The van der Waals surface area contributed by atoms with Crippen LogP contribution in [0.25, 0.3) is 0 Å². The van der Waals surface area contributed by atoms with Crippen molar-refractivity contribution in [3.8, 4) is 0 Å². The summed E-state index contributed by atoms with van der Waals surface area (Å²) in [5.41, 5.74) is 1.07. The number of fused-ring (bicyclic) bond motifs is 1. The van der Waals surface area contributed by atoms with Gasteiger partial charge in [0.05, 0.1) is 0 Å². The Morgan fingerprint density at radius 1 is 1.67 bits per heavy atom. The number of anilines is 1. The summed E-state index contributed by atoms with van der Waals surface area (Å²) in [7, 11) is 0. The summed E-state index contributed by atoms with van der Waals surface area (Å²) in [5.74, 6) is 0.862. The van der Waals surface area contributed by atoms with E-state index in [1.807, 2.05) is 0 Å². The van der Waals surface area contributed by atoms with Gasteiger partial charge in [-0.25, -0.2) is 4.98 Å². The van der Waals surface area contributed by atoms with Crippen LogP contribution in [0.4, 0.5) is 5.88 Å². The van der Waals surface area contributed by atoms with E-state index in [0.717, 1.165) is 24.5 Å². The van der Waals surface area contributed by atoms with Crippen molar-refractivity contribution < 1.29 is 4.42 Å². The maximum atomic E-state index is 5.03. The predicted molar refractivity (Wildman–Crippen MR) is 33.3 cm³/mol. The zero-order chi connectivity index (χ0) is 6.10. The Morgan fingerprint density at radius 2 is 2.67 bits per heavy atom. The number of hydrogen-bond donors (Lipinski definition) is 1. The topological polar surface area (TPSA) is 38.1 Å². The van der Waals surface area contributed by atoms with E-state index >= 15 is 0 Å². The molecule has 1 aliphatic heterocycles. The van der Waals surface area contributed by atoms with E-state index in [4.69, 9.17) is 4.42 Å². The molecule has 0 saturated carbocycles. The first-order valence-electron chi connectivity index (χ1n) is 3.13. The molecule has 0 atom stereocenters. The van der Waals surface area contributed by atoms with Gasteiger partial charge < -0.3 is 9.73 Å². The van der Waals surface area contributed by atoms with Crippen LogP contribution in [0.1, 0.15) is 12.1 Å². The van der Waals surface area contributed by atoms with E-state index in [-0.39, 0.29) is 0 Å². The van der Waals surface area contributed by atoms with Crippen molar-refractivity contribution in [1.29, 1.82) is 0 Å². The minimum Gasteiger partial charge on any atom is -0.428 e. The molecular formula is C6H8N2O. The number of aromatic nitrogens is 1. The lowest BCUT2D eigenvalue weighted by Crippen LogP contribution is -2.09. The van der Waals surface area contributed by atoms with Gasteiger partial charge in [0.2, 0.25) is 5.88 Å². The Morgan fingerprint density at radius 3 is 3.56 bits per heavy atom. The van der Waals surface area contributed by atoms with E-state index in [0.29, 0.717) is 0 Å². The molecule has 3 nitrogen and oxygen atoms in total. The van der Waals surface area contributed by atoms with E-state index in [9.17, 15) is 0 Å². The van der Waals surface area contributed by atoms with Gasteiger partial charge in [-0.1, -0.05) is 0 Å². The number of aryl methyl sites for hydroxylation is 1. The zero-order valence-corrected chi connectivity index (χ0v) is 5.05. The molecule has 0 spiro atoms. The summed E-state index contributed by atoms with van der Waals surface area (Å²) in [6.45, 7) is 1.02. The minimum absolute atomic E-state index is 0.862. The van der Waals surface area contributed by atoms with Gasteiger partial charge in [0.1, 0.15) is 5.69 Å². The molecule has 3 heteroatoms. The van der Waals surface area contributed by atoms with Crippen LogP contribution < -0.4 is 5.32 Å². The van der Waals surface area contributed by atoms with Crippen molar-refractivity contribution in [2.24, 2.45) is 0 Å². The highest BCUT2D eigenvalue weighted by molar-refractivity contribution is 5.38. The lowest BCUT2D eigenvalue weighted by atomic mass is 10.2. The van der Waals surface area contributed by atoms with E-state index in [1.54, 1.807) is 0 Å². The van der Waals surface area contributed by atoms with Crippen LogP contribution in [0.5, 0.6) is 0 Å². The fourth-order valence-electron chi connectivity index (χ4n) is 1.05. The second kappa shape index (κ2) is 1.76. The van der Waals surface area contributed by atoms with Gasteiger partial charge >= 0.3 is 0 Å². The van der Waals surface area contributed by atoms with Crippen molar-refractivity contribution >= 4 is 5.88 Å². The molecular weight excluding hydrogens is 116 g/mol. The highest BCUT2D eigenvalue weighted by atomic mass is 16.4. The molecule has 0 radical (unpaired) electrons. The molecule has 48 valence electrons. The standard InChI is InChI=1S/C6H8N2O/c1-2-5-6(7-3-1)9-4-8-5/h4,7H,1-3H2. The highest BCUT2D eigenvalue weighted by Crippen LogP contribution is 2.18. The summed E-state index contributed by atoms with van der Waals surface area (Å²) in [6, 6.07) is 0. The Hall–Kier alpha value is -0.990. The van der Waals surface area contributed by atoms with Crippen molar-refractivity contribution in [3.63, 3.8) is 0 Å². The lowest BCUT2D eigenvalue weighted by Gasteiger charge is -2.08. The van der Waals surface area contributed by atoms with Gasteiger partial charge in [-0.3, -0.25) is 0 Å². The van der Waals surface area contributed by atoms with Crippen LogP contribution >= 0.6 is 0 Å². The summed E-state index contributed by atoms with van der Waals surface area (Å²) < 4.78 is 5.03. The fraction of sp³-hybridized carbons (Fsp3) is 0.500. The summed E-state index contributed by atoms with van der Waals surface area (Å²) in [4.78, 5) is 4.03. The fourth-order valence-corrected chi connectivity index (χ4v) is 1.05. The second-order valence-corrected chi connectivity index (χ2v) is 2.16. The Balaban J connectivity index is 2.39. The SMILES string of the molecule is c1nc2c(o1)NCCC2. The van der Waals surface area contributed by atoms with E-state index < -0.39 is 0 Å². The molecule has 0 unspecified atom stereocenters. The van der Waals surface area contributed by atoms with Crippen LogP contribution in [-0.4, -0.2) is 11.5 Å². The predicted octanol–water partition coefficient (Wildman–Crippen LogP) is 1.03. The van der Waals surface area contributed by atoms with Crippen LogP contribution in [0.15, 0.2) is 10.8 Å². The van der Waals surface area contributed by atoms with Gasteiger partial charge in [-0.05, 0) is 12.8 Å². The van der Waals surface area contributed by atoms with Crippen molar-refractivity contribution in [3.05, 3.63) is 12.1 Å². The van der Waals surface area contributed by atoms with E-state index in [2.05, 4.69) is 10.3 Å². The van der Waals surface area contributed by atoms with Crippen LogP contribution in [-0.2, 0) is 6.42 Å². The Bertz CT molecular complexity index is 186. The molecule has 0 aliphatic carbocycles. The molecule has 1 aromatic heterocycles. The summed E-state index contributed by atoms with van der Waals surface area (Å²) in [5, 5.41) is 3.11. The molecule has 0 fully saturated rings. The molecule has 1 N–H and O–H groups in total. The molecule has 1 aliphatic rings. The third kappa shape index (κ3) is 0.686. The maximum absolute atomic E-state index is 5.03. The van der Waals surface area contributed by atoms with Gasteiger partial charge in [0.15, 0.2) is 6.39 Å². The second-order valence-electron chi connectivity index (χ2n) is 2.16. The third-order valence-electron chi connectivity index (χ3n) is 1.52. The average molecular weight is 124 g/mol. The van der Waals surface area contributed by atoms with Crippen molar-refractivity contribution in [2.45, 2.75) is 12.8 Å². The molecule has 9 heavy (non-hydrogen) atoms. The largest absolute Gasteiger partial charge is 0.428 e. The van der Waals surface area contributed by atoms with Crippen LogP contribution in [0, 0.1) is 0 Å². The lowest BCUT2D eigenvalue weighted by molar-refractivity contribution is 0.562. The first-order valence-corrected chi connectivity index (χ1v) is 3.13. The van der Waals surface area contributed by atoms with Crippen LogP contribution in [0.2, 0.25) is 0 Å². The Kier molecular flexibility index (Phi) is 0.946. The molecule has 0 bridgehead atoms. The van der Waals surface area contributed by atoms with Crippen LogP contribution in [0.3, 0.4) is 0 Å². The monoisotopic (exact) mass is 124 g/mol. The molecule has 2 heterocycles. The first-order chi connectivity index (χ1) is 4.47. The van der Waals surface area contributed by atoms with Gasteiger partial charge in [0, 0.05) is 6.54 Å². The maximum Gasteiger partial charge on any atom is 0.216 e. The molecule has 2 rings (SSSR count). The number of nitrogens with zero attached hydrogens (tertiary/aromatic N) is 1. The Labute approximate surface area is 53.1 Å². The smallest absolute Gasteiger partial charge is 0.216 e.